The van der Waals surface area contributed by atoms with Crippen LogP contribution in [0.5, 0.6) is 0 Å². The van der Waals surface area contributed by atoms with Crippen LogP contribution in [-0.2, 0) is 19.1 Å². The van der Waals surface area contributed by atoms with Gasteiger partial charge in [0.05, 0.1) is 17.4 Å². The first kappa shape index (κ1) is 18.9. The van der Waals surface area contributed by atoms with E-state index < -0.39 is 35.2 Å². The molecule has 0 aliphatic carbocycles. The second kappa shape index (κ2) is 8.99. The van der Waals surface area contributed by atoms with Crippen molar-refractivity contribution in [3.8, 4) is 0 Å². The van der Waals surface area contributed by atoms with E-state index in [0.717, 1.165) is 0 Å². The van der Waals surface area contributed by atoms with Crippen molar-refractivity contribution in [2.24, 2.45) is 0 Å². The highest BCUT2D eigenvalue weighted by Gasteiger charge is 2.19. The number of rotatable bonds is 8. The Balaban J connectivity index is 4.03. The summed E-state index contributed by atoms with van der Waals surface area (Å²) in [5.74, 6) is 0. The summed E-state index contributed by atoms with van der Waals surface area (Å²) >= 11 is 0. The maximum atomic E-state index is 11.2. The van der Waals surface area contributed by atoms with Crippen LogP contribution in [0, 0.1) is 0 Å². The molecule has 0 rings (SSSR count). The molecule has 0 aromatic rings. The number of carbonyl (C=O) groups is 1. The molecule has 0 aliphatic heterocycles. The molecule has 0 bridgehead atoms. The molecule has 4 N–H and O–H groups in total. The van der Waals surface area contributed by atoms with Gasteiger partial charge in [0.2, 0.25) is 0 Å². The van der Waals surface area contributed by atoms with Gasteiger partial charge in [-0.3, -0.25) is 20.8 Å². The first-order valence-corrected chi connectivity index (χ1v) is 5.61. The third-order valence-electron chi connectivity index (χ3n) is 1.67. The third-order valence-corrected chi connectivity index (χ3v) is 1.67. The molecule has 0 radical (unpaired) electrons. The van der Waals surface area contributed by atoms with Gasteiger partial charge in [0.15, 0.2) is 0 Å². The van der Waals surface area contributed by atoms with E-state index in [9.17, 15) is 4.79 Å². The maximum absolute atomic E-state index is 11.2. The lowest BCUT2D eigenvalue weighted by Crippen LogP contribution is -2.32. The number of nitrogens with zero attached hydrogens (tertiary/aromatic N) is 2. The molecule has 0 aromatic carbocycles. The second-order valence-electron chi connectivity index (χ2n) is 4.63. The fourth-order valence-corrected chi connectivity index (χ4v) is 1.00. The van der Waals surface area contributed by atoms with Crippen LogP contribution < -0.4 is 0 Å². The van der Waals surface area contributed by atoms with Crippen molar-refractivity contribution in [1.29, 1.82) is 0 Å². The number of hydrogen-bond acceptors (Lipinski definition) is 11. The molecule has 0 amide bonds. The zero-order valence-corrected chi connectivity index (χ0v) is 11.4. The quantitative estimate of drug-likeness (QED) is 0.372. The molecule has 11 heteroatoms. The van der Waals surface area contributed by atoms with Crippen LogP contribution in [-0.4, -0.2) is 62.7 Å². The predicted molar refractivity (Wildman–Crippen MR) is 58.5 cm³/mol. The van der Waals surface area contributed by atoms with Gasteiger partial charge in [-0.25, -0.2) is 14.5 Å². The van der Waals surface area contributed by atoms with Crippen molar-refractivity contribution in [2.45, 2.75) is 38.9 Å². The zero-order chi connectivity index (χ0) is 15.8. The van der Waals surface area contributed by atoms with E-state index in [0.29, 0.717) is 0 Å². The second-order valence-corrected chi connectivity index (χ2v) is 4.63. The Kier molecular flexibility index (Phi) is 8.52. The summed E-state index contributed by atoms with van der Waals surface area (Å²) in [5, 5.41) is 32.5. The molecule has 20 heavy (non-hydrogen) atoms. The van der Waals surface area contributed by atoms with Gasteiger partial charge < -0.3 is 9.47 Å². The van der Waals surface area contributed by atoms with Gasteiger partial charge in [0.1, 0.15) is 18.3 Å². The molecule has 0 aromatic heterocycles. The smallest absolute Gasteiger partial charge is 0.434 e. The average Bonchev–Trinajstić information content (AvgIpc) is 2.22. The van der Waals surface area contributed by atoms with Gasteiger partial charge >= 0.3 is 6.16 Å². The minimum absolute atomic E-state index is 0.0231. The lowest BCUT2D eigenvalue weighted by Gasteiger charge is -2.20. The summed E-state index contributed by atoms with van der Waals surface area (Å²) in [4.78, 5) is 19.9. The van der Waals surface area contributed by atoms with Gasteiger partial charge in [0.25, 0.3) is 0 Å². The lowest BCUT2D eigenvalue weighted by molar-refractivity contribution is -0.527. The van der Waals surface area contributed by atoms with Crippen LogP contribution >= 0.6 is 0 Å². The molecule has 0 saturated heterocycles. The molecule has 0 fully saturated rings. The predicted octanol–water partition coefficient (Wildman–Crippen LogP) is 0.721. The van der Waals surface area contributed by atoms with Crippen molar-refractivity contribution in [2.75, 3.05) is 13.2 Å². The minimum Gasteiger partial charge on any atom is -0.434 e. The summed E-state index contributed by atoms with van der Waals surface area (Å²) in [6.45, 7) is 4.39. The summed E-state index contributed by atoms with van der Waals surface area (Å²) in [5.41, 5.74) is -0.697. The average molecular weight is 300 g/mol. The van der Waals surface area contributed by atoms with E-state index in [1.54, 1.807) is 20.8 Å². The fourth-order valence-electron chi connectivity index (χ4n) is 1.00. The van der Waals surface area contributed by atoms with Crippen LogP contribution in [0.25, 0.3) is 0 Å². The topological polar surface area (TPSA) is 141 Å². The molecule has 0 aliphatic rings. The van der Waals surface area contributed by atoms with Gasteiger partial charge in [-0.2, -0.15) is 0 Å². The van der Waals surface area contributed by atoms with E-state index in [-0.39, 0.29) is 13.0 Å². The third kappa shape index (κ3) is 12.0. The van der Waals surface area contributed by atoms with E-state index in [1.165, 1.54) is 0 Å². The van der Waals surface area contributed by atoms with E-state index >= 15 is 0 Å². The summed E-state index contributed by atoms with van der Waals surface area (Å²) in [6.07, 6.45) is -1.94. The monoisotopic (exact) mass is 300 g/mol. The molecule has 120 valence electrons. The molecule has 0 saturated carbocycles. The Morgan fingerprint density at radius 2 is 1.75 bits per heavy atom. The van der Waals surface area contributed by atoms with Crippen LogP contribution in [0.15, 0.2) is 0 Å². The maximum Gasteiger partial charge on any atom is 0.508 e. The molecule has 1 atom stereocenters. The Hall–Kier alpha value is -1.05. The fraction of sp³-hybridized carbons (Fsp3) is 0.889. The lowest BCUT2D eigenvalue weighted by atomic mass is 10.2. The summed E-state index contributed by atoms with van der Waals surface area (Å²) in [7, 11) is 0. The van der Waals surface area contributed by atoms with Crippen LogP contribution in [0.1, 0.15) is 27.2 Å². The van der Waals surface area contributed by atoms with E-state index in [2.05, 4.69) is 9.68 Å². The number of carbonyl (C=O) groups excluding carboxylic acids is 1. The molecular weight excluding hydrogens is 280 g/mol. The number of hydrogen-bond donors (Lipinski definition) is 4. The first-order chi connectivity index (χ1) is 9.10. The van der Waals surface area contributed by atoms with Crippen LogP contribution in [0.2, 0.25) is 0 Å². The van der Waals surface area contributed by atoms with Crippen molar-refractivity contribution in [3.63, 3.8) is 0 Å². The summed E-state index contributed by atoms with van der Waals surface area (Å²) in [6, 6.07) is 0. The van der Waals surface area contributed by atoms with E-state index in [1.807, 2.05) is 0 Å². The molecular formula is C9H20N2O9. The highest BCUT2D eigenvalue weighted by atomic mass is 17.1. The van der Waals surface area contributed by atoms with E-state index in [4.69, 9.17) is 30.3 Å². The Morgan fingerprint density at radius 3 is 2.20 bits per heavy atom. The highest BCUT2D eigenvalue weighted by Crippen LogP contribution is 2.09. The first-order valence-electron chi connectivity index (χ1n) is 5.61. The van der Waals surface area contributed by atoms with Crippen molar-refractivity contribution >= 4 is 6.16 Å². The summed E-state index contributed by atoms with van der Waals surface area (Å²) < 4.78 is 9.59. The molecule has 0 heterocycles. The standard InChI is InChI=1S/C9H20N2O9/c1-9(2,3)19-8(12)17-5-4-7(20-11(15)16)6-18-10(13)14/h7,13-16H,4-6H2,1-3H3/t7-/m0/s1. The van der Waals surface area contributed by atoms with Crippen molar-refractivity contribution in [3.05, 3.63) is 0 Å². The van der Waals surface area contributed by atoms with Crippen molar-refractivity contribution in [1.82, 2.24) is 10.8 Å². The normalized spacial score (nSPS) is 13.7. The van der Waals surface area contributed by atoms with Crippen molar-refractivity contribution < 1.29 is 44.8 Å². The van der Waals surface area contributed by atoms with Gasteiger partial charge in [-0.1, -0.05) is 0 Å². The number of ether oxygens (including phenoxy) is 2. The Labute approximate surface area is 115 Å². The zero-order valence-electron chi connectivity index (χ0n) is 11.4. The van der Waals surface area contributed by atoms with Gasteiger partial charge in [-0.15, -0.1) is 0 Å². The van der Waals surface area contributed by atoms with Gasteiger partial charge in [0, 0.05) is 6.42 Å². The SMILES string of the molecule is CC(C)(C)OC(=O)OCC[C@@H](CON(O)O)ON(O)O. The van der Waals surface area contributed by atoms with Crippen LogP contribution in [0.4, 0.5) is 4.79 Å². The molecule has 0 unspecified atom stereocenters. The van der Waals surface area contributed by atoms with Gasteiger partial charge in [-0.05, 0) is 20.8 Å². The highest BCUT2D eigenvalue weighted by molar-refractivity contribution is 5.60. The molecule has 0 spiro atoms. The largest absolute Gasteiger partial charge is 0.508 e. The Morgan fingerprint density at radius 1 is 1.15 bits per heavy atom. The molecule has 11 nitrogen and oxygen atoms in total. The Bertz CT molecular complexity index is 279. The minimum atomic E-state index is -1.02. The van der Waals surface area contributed by atoms with Crippen LogP contribution in [0.3, 0.4) is 0 Å².